The lowest BCUT2D eigenvalue weighted by Crippen LogP contribution is -2.40. The van der Waals surface area contributed by atoms with Crippen LogP contribution in [0.2, 0.25) is 5.02 Å². The van der Waals surface area contributed by atoms with Gasteiger partial charge < -0.3 is 14.2 Å². The van der Waals surface area contributed by atoms with Crippen LogP contribution in [0.5, 0.6) is 0 Å². The van der Waals surface area contributed by atoms with Crippen molar-refractivity contribution in [1.82, 2.24) is 9.47 Å². The Morgan fingerprint density at radius 3 is 2.69 bits per heavy atom. The molecule has 2 aromatic carbocycles. The van der Waals surface area contributed by atoms with Gasteiger partial charge in [-0.15, -0.1) is 0 Å². The largest absolute Gasteiger partial charge is 0.383 e. The molecule has 2 aliphatic heterocycles. The summed E-state index contributed by atoms with van der Waals surface area (Å²) in [6.45, 7) is 1.73. The Bertz CT molecular complexity index is 1240. The standard InChI is InChI=1S/C26H25ClN2O3/c1-32-16-20-8-5-12-28(20)26(31)23-15-22(17-6-3-2-4-7-17)25(30)29-13-11-18-9-10-19(27)14-21(18)24(23)29/h2-4,6-7,9-10,14-15,20H,5,8,11-13,16H2,1H3/t20-/m1/s1. The first kappa shape index (κ1) is 21.0. The van der Waals surface area contributed by atoms with Crippen LogP contribution in [0.25, 0.3) is 22.4 Å². The summed E-state index contributed by atoms with van der Waals surface area (Å²) in [5.74, 6) is -0.0571. The van der Waals surface area contributed by atoms with Crippen LogP contribution in [0.15, 0.2) is 59.4 Å². The Morgan fingerprint density at radius 1 is 1.09 bits per heavy atom. The number of benzene rings is 2. The molecule has 0 saturated carbocycles. The lowest BCUT2D eigenvalue weighted by Gasteiger charge is -2.29. The van der Waals surface area contributed by atoms with Crippen LogP contribution in [0.3, 0.4) is 0 Å². The SMILES string of the molecule is COC[C@H]1CCCN1C(=O)c1cc(-c2ccccc2)c(=O)n2c1-c1cc(Cl)ccc1CC2. The maximum atomic E-state index is 13.9. The number of fused-ring (bicyclic) bond motifs is 3. The lowest BCUT2D eigenvalue weighted by atomic mass is 9.92. The summed E-state index contributed by atoms with van der Waals surface area (Å²) in [5.41, 5.74) is 4.47. The number of carbonyl (C=O) groups excluding carboxylic acids is 1. The Labute approximate surface area is 192 Å². The molecule has 1 amide bonds. The van der Waals surface area contributed by atoms with E-state index in [1.165, 1.54) is 0 Å². The molecule has 1 atom stereocenters. The zero-order valence-corrected chi connectivity index (χ0v) is 18.8. The zero-order chi connectivity index (χ0) is 22.2. The predicted molar refractivity (Wildman–Crippen MR) is 126 cm³/mol. The maximum absolute atomic E-state index is 13.9. The van der Waals surface area contributed by atoms with Gasteiger partial charge in [-0.1, -0.05) is 48.0 Å². The highest BCUT2D eigenvalue weighted by Gasteiger charge is 2.33. The Kier molecular flexibility index (Phi) is 5.62. The summed E-state index contributed by atoms with van der Waals surface area (Å²) in [7, 11) is 1.66. The average molecular weight is 449 g/mol. The van der Waals surface area contributed by atoms with Crippen molar-refractivity contribution >= 4 is 17.5 Å². The number of methoxy groups -OCH3 is 1. The molecular formula is C26H25ClN2O3. The number of likely N-dealkylation sites (tertiary alicyclic amines) is 1. The third-order valence-corrected chi connectivity index (χ3v) is 6.77. The van der Waals surface area contributed by atoms with Crippen molar-refractivity contribution in [1.29, 1.82) is 0 Å². The molecule has 1 fully saturated rings. The molecule has 5 rings (SSSR count). The molecule has 1 aromatic heterocycles. The maximum Gasteiger partial charge on any atom is 0.258 e. The molecule has 0 unspecified atom stereocenters. The van der Waals surface area contributed by atoms with Gasteiger partial charge in [-0.2, -0.15) is 0 Å². The predicted octanol–water partition coefficient (Wildman–Crippen LogP) is 4.64. The Hall–Kier alpha value is -2.89. The summed E-state index contributed by atoms with van der Waals surface area (Å²) in [4.78, 5) is 29.4. The van der Waals surface area contributed by atoms with Crippen LogP contribution in [-0.2, 0) is 17.7 Å². The molecule has 164 valence electrons. The second kappa shape index (κ2) is 8.57. The molecule has 0 spiro atoms. The molecule has 0 radical (unpaired) electrons. The number of amides is 1. The highest BCUT2D eigenvalue weighted by Crippen LogP contribution is 2.36. The van der Waals surface area contributed by atoms with Gasteiger partial charge in [0, 0.05) is 36.3 Å². The second-order valence-electron chi connectivity index (χ2n) is 8.44. The van der Waals surface area contributed by atoms with Crippen molar-refractivity contribution in [3.63, 3.8) is 0 Å². The summed E-state index contributed by atoms with van der Waals surface area (Å²) in [5, 5.41) is 0.591. The monoisotopic (exact) mass is 448 g/mol. The van der Waals surface area contributed by atoms with E-state index in [4.69, 9.17) is 16.3 Å². The van der Waals surface area contributed by atoms with Gasteiger partial charge in [0.25, 0.3) is 11.5 Å². The van der Waals surface area contributed by atoms with Gasteiger partial charge in [-0.05, 0) is 48.6 Å². The minimum Gasteiger partial charge on any atom is -0.383 e. The van der Waals surface area contributed by atoms with Crippen LogP contribution in [0.1, 0.15) is 28.8 Å². The lowest BCUT2D eigenvalue weighted by molar-refractivity contribution is 0.0630. The van der Waals surface area contributed by atoms with E-state index in [0.29, 0.717) is 41.5 Å². The van der Waals surface area contributed by atoms with E-state index in [2.05, 4.69) is 0 Å². The molecule has 3 aromatic rings. The van der Waals surface area contributed by atoms with Gasteiger partial charge in [-0.25, -0.2) is 0 Å². The van der Waals surface area contributed by atoms with Crippen molar-refractivity contribution in [2.45, 2.75) is 31.8 Å². The number of hydrogen-bond donors (Lipinski definition) is 0. The second-order valence-corrected chi connectivity index (χ2v) is 8.88. The highest BCUT2D eigenvalue weighted by molar-refractivity contribution is 6.31. The van der Waals surface area contributed by atoms with Crippen molar-refractivity contribution in [3.05, 3.63) is 81.1 Å². The summed E-state index contributed by atoms with van der Waals surface area (Å²) < 4.78 is 7.13. The van der Waals surface area contributed by atoms with Crippen molar-refractivity contribution in [2.75, 3.05) is 20.3 Å². The third kappa shape index (κ3) is 3.55. The number of nitrogens with zero attached hydrogens (tertiary/aromatic N) is 2. The first-order valence-corrected chi connectivity index (χ1v) is 11.4. The number of carbonyl (C=O) groups is 1. The topological polar surface area (TPSA) is 51.5 Å². The quantitative estimate of drug-likeness (QED) is 0.584. The van der Waals surface area contributed by atoms with Gasteiger partial charge >= 0.3 is 0 Å². The Balaban J connectivity index is 1.75. The number of aryl methyl sites for hydroxylation is 1. The van der Waals surface area contributed by atoms with E-state index in [1.54, 1.807) is 17.7 Å². The van der Waals surface area contributed by atoms with Gasteiger partial charge in [-0.3, -0.25) is 9.59 Å². The van der Waals surface area contributed by atoms with Crippen LogP contribution in [0.4, 0.5) is 0 Å². The molecule has 1 saturated heterocycles. The smallest absolute Gasteiger partial charge is 0.258 e. The van der Waals surface area contributed by atoms with E-state index >= 15 is 0 Å². The first-order chi connectivity index (χ1) is 15.6. The molecular weight excluding hydrogens is 424 g/mol. The van der Waals surface area contributed by atoms with E-state index in [1.807, 2.05) is 53.4 Å². The molecule has 0 aliphatic carbocycles. The number of rotatable bonds is 4. The normalized spacial score (nSPS) is 17.2. The molecule has 3 heterocycles. The first-order valence-electron chi connectivity index (χ1n) is 11.0. The number of pyridine rings is 1. The van der Waals surface area contributed by atoms with E-state index in [9.17, 15) is 9.59 Å². The minimum absolute atomic E-state index is 0.0441. The molecule has 0 bridgehead atoms. The van der Waals surface area contributed by atoms with Gasteiger partial charge in [0.1, 0.15) is 0 Å². The molecule has 0 N–H and O–H groups in total. The van der Waals surface area contributed by atoms with Crippen molar-refractivity contribution < 1.29 is 9.53 Å². The summed E-state index contributed by atoms with van der Waals surface area (Å²) >= 11 is 6.33. The fourth-order valence-electron chi connectivity index (χ4n) is 5.00. The highest BCUT2D eigenvalue weighted by atomic mass is 35.5. The summed E-state index contributed by atoms with van der Waals surface area (Å²) in [6.07, 6.45) is 2.59. The fourth-order valence-corrected chi connectivity index (χ4v) is 5.17. The van der Waals surface area contributed by atoms with Gasteiger partial charge in [0.15, 0.2) is 0 Å². The van der Waals surface area contributed by atoms with Gasteiger partial charge in [0.05, 0.1) is 23.9 Å². The number of halogens is 1. The molecule has 2 aliphatic rings. The third-order valence-electron chi connectivity index (χ3n) is 6.53. The van der Waals surface area contributed by atoms with E-state index in [-0.39, 0.29) is 17.5 Å². The van der Waals surface area contributed by atoms with E-state index in [0.717, 1.165) is 36.0 Å². The number of ether oxygens (including phenoxy) is 1. The average Bonchev–Trinajstić information content (AvgIpc) is 3.28. The van der Waals surface area contributed by atoms with E-state index < -0.39 is 0 Å². The van der Waals surface area contributed by atoms with Crippen molar-refractivity contribution in [2.24, 2.45) is 0 Å². The van der Waals surface area contributed by atoms with Crippen molar-refractivity contribution in [3.8, 4) is 22.4 Å². The summed E-state index contributed by atoms with van der Waals surface area (Å²) in [6, 6.07) is 17.1. The van der Waals surface area contributed by atoms with Crippen LogP contribution in [-0.4, -0.2) is 41.7 Å². The number of hydrogen-bond acceptors (Lipinski definition) is 3. The fraction of sp³-hybridized carbons (Fsp3) is 0.308. The zero-order valence-electron chi connectivity index (χ0n) is 18.0. The minimum atomic E-state index is -0.0803. The van der Waals surface area contributed by atoms with Gasteiger partial charge in [0.2, 0.25) is 0 Å². The molecule has 5 nitrogen and oxygen atoms in total. The van der Waals surface area contributed by atoms with Crippen LogP contribution < -0.4 is 5.56 Å². The molecule has 6 heteroatoms. The van der Waals surface area contributed by atoms with Crippen LogP contribution in [0, 0.1) is 0 Å². The van der Waals surface area contributed by atoms with Crippen LogP contribution >= 0.6 is 11.6 Å². The number of aromatic nitrogens is 1. The molecule has 32 heavy (non-hydrogen) atoms. The Morgan fingerprint density at radius 2 is 1.91 bits per heavy atom.